The number of fused-ring (bicyclic) bond motifs is 6. The summed E-state index contributed by atoms with van der Waals surface area (Å²) in [6.45, 7) is 2.23. The fourth-order valence-electron chi connectivity index (χ4n) is 6.37. The quantitative estimate of drug-likeness (QED) is 0.750. The lowest BCUT2D eigenvalue weighted by Crippen LogP contribution is -2.37. The number of hydrogen-bond donors (Lipinski definition) is 1. The Labute approximate surface area is 180 Å². The SMILES string of the molecule is C[C@@H]1CCc2c(sc(N3C(=O)[C@@H]4[C@@H](C3=O)[C@H]3CC[C@@H]4O3)c2C(=O)NC2CCCC2)C1. The van der Waals surface area contributed by atoms with Gasteiger partial charge in [-0.2, -0.15) is 0 Å². The van der Waals surface area contributed by atoms with Crippen molar-refractivity contribution >= 4 is 34.1 Å². The van der Waals surface area contributed by atoms with Gasteiger partial charge in [0.05, 0.1) is 29.6 Å². The van der Waals surface area contributed by atoms with E-state index in [0.29, 0.717) is 16.5 Å². The van der Waals surface area contributed by atoms with E-state index in [1.54, 1.807) is 0 Å². The Balaban J connectivity index is 1.40. The number of hydrogen-bond acceptors (Lipinski definition) is 5. The van der Waals surface area contributed by atoms with Crippen LogP contribution in [0.25, 0.3) is 0 Å². The van der Waals surface area contributed by atoms with Crippen LogP contribution in [-0.2, 0) is 27.2 Å². The molecule has 1 aromatic rings. The predicted molar refractivity (Wildman–Crippen MR) is 113 cm³/mol. The molecule has 6 nitrogen and oxygen atoms in total. The van der Waals surface area contributed by atoms with Crippen molar-refractivity contribution in [3.05, 3.63) is 16.0 Å². The van der Waals surface area contributed by atoms with Gasteiger partial charge >= 0.3 is 0 Å². The first-order valence-corrected chi connectivity index (χ1v) is 12.3. The fraction of sp³-hybridized carbons (Fsp3) is 0.696. The van der Waals surface area contributed by atoms with E-state index in [9.17, 15) is 14.4 Å². The molecule has 2 bridgehead atoms. The molecule has 7 heteroatoms. The third-order valence-corrected chi connectivity index (χ3v) is 9.14. The van der Waals surface area contributed by atoms with Crippen molar-refractivity contribution < 1.29 is 19.1 Å². The Bertz CT molecular complexity index is 906. The second kappa shape index (κ2) is 6.89. The van der Waals surface area contributed by atoms with Crippen molar-refractivity contribution in [2.45, 2.75) is 83.0 Å². The minimum Gasteiger partial charge on any atom is -0.373 e. The molecule has 2 aliphatic carbocycles. The van der Waals surface area contributed by atoms with E-state index in [-0.39, 0.29) is 47.8 Å². The highest BCUT2D eigenvalue weighted by Crippen LogP contribution is 2.52. The minimum absolute atomic E-state index is 0.0964. The molecule has 4 fully saturated rings. The van der Waals surface area contributed by atoms with Crippen molar-refractivity contribution in [3.63, 3.8) is 0 Å². The molecule has 3 amide bonds. The number of ether oxygens (including phenoxy) is 1. The zero-order valence-electron chi connectivity index (χ0n) is 17.3. The van der Waals surface area contributed by atoms with Crippen molar-refractivity contribution in [1.29, 1.82) is 0 Å². The standard InChI is InChI=1S/C23H28N2O4S/c1-11-6-7-13-16(10-11)30-23(17(13)20(26)24-12-4-2-3-5-12)25-21(27)18-14-8-9-15(29-14)19(18)22(25)28/h11-12,14-15,18-19H,2-10H2,1H3,(H,24,26)/t11-,14-,15+,18+,19+/m1/s1. The minimum atomic E-state index is -0.361. The molecule has 3 aliphatic heterocycles. The number of carbonyl (C=O) groups excluding carboxylic acids is 3. The molecule has 3 saturated heterocycles. The van der Waals surface area contributed by atoms with Crippen molar-refractivity contribution in [2.24, 2.45) is 17.8 Å². The molecule has 1 saturated carbocycles. The molecular formula is C23H28N2O4S. The normalized spacial score (nSPS) is 35.2. The number of anilines is 1. The summed E-state index contributed by atoms with van der Waals surface area (Å²) in [5, 5.41) is 3.79. The summed E-state index contributed by atoms with van der Waals surface area (Å²) < 4.78 is 5.88. The van der Waals surface area contributed by atoms with E-state index in [4.69, 9.17) is 4.74 Å². The van der Waals surface area contributed by atoms with E-state index in [1.807, 2.05) is 0 Å². The first kappa shape index (κ1) is 19.0. The van der Waals surface area contributed by atoms with Gasteiger partial charge in [0.1, 0.15) is 5.00 Å². The van der Waals surface area contributed by atoms with Gasteiger partial charge in [-0.1, -0.05) is 19.8 Å². The first-order chi connectivity index (χ1) is 14.5. The number of nitrogens with zero attached hydrogens (tertiary/aromatic N) is 1. The maximum atomic E-state index is 13.4. The molecule has 0 unspecified atom stereocenters. The lowest BCUT2D eigenvalue weighted by Gasteiger charge is -2.21. The molecule has 30 heavy (non-hydrogen) atoms. The summed E-state index contributed by atoms with van der Waals surface area (Å²) in [7, 11) is 0. The van der Waals surface area contributed by atoms with Crippen LogP contribution in [0.2, 0.25) is 0 Å². The maximum absolute atomic E-state index is 13.4. The Hall–Kier alpha value is -1.73. The number of thiophene rings is 1. The van der Waals surface area contributed by atoms with Gasteiger partial charge < -0.3 is 10.1 Å². The summed E-state index contributed by atoms with van der Waals surface area (Å²) in [6.07, 6.45) is 8.56. The van der Waals surface area contributed by atoms with Crippen LogP contribution in [0.15, 0.2) is 0 Å². The van der Waals surface area contributed by atoms with Crippen LogP contribution in [0, 0.1) is 17.8 Å². The van der Waals surface area contributed by atoms with Gasteiger partial charge in [0, 0.05) is 10.9 Å². The largest absolute Gasteiger partial charge is 0.373 e. The van der Waals surface area contributed by atoms with E-state index in [1.165, 1.54) is 21.1 Å². The van der Waals surface area contributed by atoms with E-state index < -0.39 is 0 Å². The Morgan fingerprint density at radius 1 is 1.03 bits per heavy atom. The zero-order chi connectivity index (χ0) is 20.6. The van der Waals surface area contributed by atoms with Crippen LogP contribution < -0.4 is 10.2 Å². The molecule has 4 heterocycles. The molecular weight excluding hydrogens is 400 g/mol. The van der Waals surface area contributed by atoms with Crippen LogP contribution in [-0.4, -0.2) is 36.0 Å². The fourth-order valence-corrected chi connectivity index (χ4v) is 7.89. The molecule has 0 radical (unpaired) electrons. The van der Waals surface area contributed by atoms with Gasteiger partial charge in [0.2, 0.25) is 11.8 Å². The lowest BCUT2D eigenvalue weighted by molar-refractivity contribution is -0.124. The first-order valence-electron chi connectivity index (χ1n) is 11.5. The van der Waals surface area contributed by atoms with Crippen molar-refractivity contribution in [1.82, 2.24) is 5.32 Å². The topological polar surface area (TPSA) is 75.7 Å². The summed E-state index contributed by atoms with van der Waals surface area (Å²) in [5.74, 6) is -0.568. The average Bonchev–Trinajstić information content (AvgIpc) is 3.51. The van der Waals surface area contributed by atoms with Crippen molar-refractivity contribution in [3.8, 4) is 0 Å². The lowest BCUT2D eigenvalue weighted by atomic mass is 9.81. The number of amides is 3. The smallest absolute Gasteiger partial charge is 0.254 e. The zero-order valence-corrected chi connectivity index (χ0v) is 18.1. The van der Waals surface area contributed by atoms with Gasteiger partial charge in [-0.05, 0) is 56.4 Å². The number of nitrogens with one attached hydrogen (secondary N) is 1. The molecule has 160 valence electrons. The highest BCUT2D eigenvalue weighted by Gasteiger charge is 2.63. The van der Waals surface area contributed by atoms with Crippen LogP contribution in [0.3, 0.4) is 0 Å². The highest BCUT2D eigenvalue weighted by atomic mass is 32.1. The molecule has 0 aromatic carbocycles. The molecule has 5 atom stereocenters. The highest BCUT2D eigenvalue weighted by molar-refractivity contribution is 7.17. The monoisotopic (exact) mass is 428 g/mol. The summed E-state index contributed by atoms with van der Waals surface area (Å²) in [4.78, 5) is 42.7. The van der Waals surface area contributed by atoms with Gasteiger partial charge in [-0.3, -0.25) is 14.4 Å². The molecule has 1 N–H and O–H groups in total. The summed E-state index contributed by atoms with van der Waals surface area (Å²) >= 11 is 1.50. The second-order valence-electron chi connectivity index (χ2n) is 9.84. The maximum Gasteiger partial charge on any atom is 0.254 e. The van der Waals surface area contributed by atoms with Crippen LogP contribution >= 0.6 is 11.3 Å². The Kier molecular flexibility index (Phi) is 4.36. The summed E-state index contributed by atoms with van der Waals surface area (Å²) in [6, 6.07) is 0.206. The van der Waals surface area contributed by atoms with Crippen LogP contribution in [0.4, 0.5) is 5.00 Å². The number of rotatable bonds is 3. The Morgan fingerprint density at radius 3 is 2.37 bits per heavy atom. The van der Waals surface area contributed by atoms with E-state index in [2.05, 4.69) is 12.2 Å². The predicted octanol–water partition coefficient (Wildman–Crippen LogP) is 3.21. The Morgan fingerprint density at radius 2 is 1.70 bits per heavy atom. The average molecular weight is 429 g/mol. The third-order valence-electron chi connectivity index (χ3n) is 7.90. The van der Waals surface area contributed by atoms with E-state index in [0.717, 1.165) is 63.4 Å². The van der Waals surface area contributed by atoms with Gasteiger partial charge in [-0.25, -0.2) is 4.90 Å². The van der Waals surface area contributed by atoms with Crippen molar-refractivity contribution in [2.75, 3.05) is 4.90 Å². The summed E-state index contributed by atoms with van der Waals surface area (Å²) in [5.41, 5.74) is 1.67. The number of imide groups is 1. The third kappa shape index (κ3) is 2.67. The van der Waals surface area contributed by atoms with Crippen LogP contribution in [0.1, 0.15) is 72.7 Å². The molecule has 5 aliphatic rings. The van der Waals surface area contributed by atoms with Crippen LogP contribution in [0.5, 0.6) is 0 Å². The van der Waals surface area contributed by atoms with E-state index >= 15 is 0 Å². The van der Waals surface area contributed by atoms with Gasteiger partial charge in [0.25, 0.3) is 5.91 Å². The van der Waals surface area contributed by atoms with Gasteiger partial charge in [0.15, 0.2) is 0 Å². The van der Waals surface area contributed by atoms with Gasteiger partial charge in [-0.15, -0.1) is 11.3 Å². The number of carbonyl (C=O) groups is 3. The molecule has 1 aromatic heterocycles. The molecule has 0 spiro atoms. The molecule has 6 rings (SSSR count). The second-order valence-corrected chi connectivity index (χ2v) is 10.9.